The SMILES string of the molecule is CCOP(=O)(Sc1ccc(OS(C)(=O)=O)cc1)SC(C)CC. The third-order valence-electron chi connectivity index (χ3n) is 2.46. The van der Waals surface area contributed by atoms with E-state index >= 15 is 0 Å². The van der Waals surface area contributed by atoms with E-state index in [1.807, 2.05) is 20.8 Å². The highest BCUT2D eigenvalue weighted by molar-refractivity contribution is 8.89. The molecule has 5 nitrogen and oxygen atoms in total. The van der Waals surface area contributed by atoms with Crippen molar-refractivity contribution in [3.63, 3.8) is 0 Å². The molecule has 0 aliphatic heterocycles. The summed E-state index contributed by atoms with van der Waals surface area (Å²) in [5.41, 5.74) is 0. The minimum absolute atomic E-state index is 0.229. The first-order chi connectivity index (χ1) is 10.2. The lowest BCUT2D eigenvalue weighted by Gasteiger charge is -2.19. The molecule has 1 aromatic carbocycles. The van der Waals surface area contributed by atoms with Gasteiger partial charge in [0.05, 0.1) is 12.9 Å². The van der Waals surface area contributed by atoms with E-state index < -0.39 is 15.9 Å². The first kappa shape index (κ1) is 19.9. The average molecular weight is 384 g/mol. The standard InChI is InChI=1S/C13H21O5PS3/c1-5-11(3)20-19(14,17-6-2)21-13-9-7-12(8-10-13)18-22(4,15)16/h7-11H,5-6H2,1-4H3. The van der Waals surface area contributed by atoms with E-state index in [4.69, 9.17) is 8.71 Å². The molecule has 0 heterocycles. The summed E-state index contributed by atoms with van der Waals surface area (Å²) in [5.74, 6) is -2.67. The Balaban J connectivity index is 2.83. The zero-order valence-electron chi connectivity index (χ0n) is 13.0. The van der Waals surface area contributed by atoms with Gasteiger partial charge in [0.1, 0.15) is 5.75 Å². The Labute approximate surface area is 140 Å². The second-order valence-electron chi connectivity index (χ2n) is 4.54. The molecular formula is C13H21O5PS3. The van der Waals surface area contributed by atoms with Gasteiger partial charge in [-0.25, -0.2) is 0 Å². The van der Waals surface area contributed by atoms with Crippen molar-refractivity contribution >= 4 is 38.7 Å². The van der Waals surface area contributed by atoms with Crippen LogP contribution in [0.5, 0.6) is 5.75 Å². The Hall–Kier alpha value is -0.140. The Bertz CT molecular complexity index is 615. The molecule has 0 N–H and O–H groups in total. The van der Waals surface area contributed by atoms with Gasteiger partial charge < -0.3 is 8.71 Å². The van der Waals surface area contributed by atoms with E-state index in [0.29, 0.717) is 6.61 Å². The van der Waals surface area contributed by atoms with Gasteiger partial charge in [-0.15, -0.1) is 0 Å². The molecule has 2 atom stereocenters. The summed E-state index contributed by atoms with van der Waals surface area (Å²) in [6.07, 6.45) is 1.89. The second kappa shape index (κ2) is 8.64. The van der Waals surface area contributed by atoms with Crippen LogP contribution in [-0.4, -0.2) is 26.5 Å². The summed E-state index contributed by atoms with van der Waals surface area (Å²) < 4.78 is 45.2. The van der Waals surface area contributed by atoms with Crippen LogP contribution in [0.1, 0.15) is 27.2 Å². The maximum atomic E-state index is 12.8. The molecule has 126 valence electrons. The van der Waals surface area contributed by atoms with Gasteiger partial charge in [-0.05, 0) is 49.0 Å². The van der Waals surface area contributed by atoms with Crippen molar-refractivity contribution in [1.82, 2.24) is 0 Å². The summed E-state index contributed by atoms with van der Waals surface area (Å²) in [6, 6.07) is 6.42. The van der Waals surface area contributed by atoms with Gasteiger partial charge in [0.15, 0.2) is 0 Å². The van der Waals surface area contributed by atoms with Crippen molar-refractivity contribution in [3.8, 4) is 5.75 Å². The van der Waals surface area contributed by atoms with E-state index in [1.165, 1.54) is 34.9 Å². The fourth-order valence-electron chi connectivity index (χ4n) is 1.39. The zero-order valence-corrected chi connectivity index (χ0v) is 16.4. The lowest BCUT2D eigenvalue weighted by Crippen LogP contribution is -2.05. The number of hydrogen-bond acceptors (Lipinski definition) is 7. The second-order valence-corrected chi connectivity index (χ2v) is 13.7. The number of benzene rings is 1. The Morgan fingerprint density at radius 1 is 1.23 bits per heavy atom. The lowest BCUT2D eigenvalue weighted by molar-refractivity contribution is 0.357. The Kier molecular flexibility index (Phi) is 7.82. The third kappa shape index (κ3) is 7.42. The van der Waals surface area contributed by atoms with Crippen LogP contribution in [0.25, 0.3) is 0 Å². The maximum Gasteiger partial charge on any atom is 0.318 e. The van der Waals surface area contributed by atoms with Gasteiger partial charge in [0.2, 0.25) is 0 Å². The van der Waals surface area contributed by atoms with Crippen molar-refractivity contribution in [2.24, 2.45) is 0 Å². The van der Waals surface area contributed by atoms with Gasteiger partial charge in [-0.1, -0.05) is 25.2 Å². The van der Waals surface area contributed by atoms with Gasteiger partial charge in [-0.3, -0.25) is 4.57 Å². The molecule has 0 fully saturated rings. The molecule has 2 unspecified atom stereocenters. The van der Waals surface area contributed by atoms with Crippen LogP contribution in [0.15, 0.2) is 29.2 Å². The highest BCUT2D eigenvalue weighted by Crippen LogP contribution is 2.73. The first-order valence-electron chi connectivity index (χ1n) is 6.79. The van der Waals surface area contributed by atoms with Gasteiger partial charge in [-0.2, -0.15) is 8.42 Å². The fraction of sp³-hybridized carbons (Fsp3) is 0.538. The molecule has 0 radical (unpaired) electrons. The van der Waals surface area contributed by atoms with Crippen LogP contribution in [0.3, 0.4) is 0 Å². The molecule has 0 aromatic heterocycles. The molecule has 9 heteroatoms. The predicted octanol–water partition coefficient (Wildman–Crippen LogP) is 4.79. The molecule has 0 spiro atoms. The van der Waals surface area contributed by atoms with Crippen LogP contribution in [0.4, 0.5) is 0 Å². The summed E-state index contributed by atoms with van der Waals surface area (Å²) in [4.78, 5) is 0.744. The van der Waals surface area contributed by atoms with Crippen molar-refractivity contribution in [2.75, 3.05) is 12.9 Å². The lowest BCUT2D eigenvalue weighted by atomic mass is 10.3. The third-order valence-corrected chi connectivity index (χ3v) is 10.4. The highest BCUT2D eigenvalue weighted by atomic mass is 33.1. The molecule has 0 saturated carbocycles. The largest absolute Gasteiger partial charge is 0.383 e. The highest BCUT2D eigenvalue weighted by Gasteiger charge is 2.28. The van der Waals surface area contributed by atoms with Crippen LogP contribution >= 0.6 is 28.5 Å². The topological polar surface area (TPSA) is 69.7 Å². The first-order valence-corrected chi connectivity index (χ1v) is 13.1. The summed E-state index contributed by atoms with van der Waals surface area (Å²) in [6.45, 7) is 6.24. The van der Waals surface area contributed by atoms with E-state index in [2.05, 4.69) is 0 Å². The molecule has 22 heavy (non-hydrogen) atoms. The maximum absolute atomic E-state index is 12.8. The van der Waals surface area contributed by atoms with Gasteiger partial charge >= 0.3 is 15.9 Å². The summed E-state index contributed by atoms with van der Waals surface area (Å²) in [5, 5.41) is 0.234. The predicted molar refractivity (Wildman–Crippen MR) is 94.3 cm³/mol. The molecular weight excluding hydrogens is 363 g/mol. The van der Waals surface area contributed by atoms with E-state index in [9.17, 15) is 13.0 Å². The van der Waals surface area contributed by atoms with Crippen molar-refractivity contribution in [3.05, 3.63) is 24.3 Å². The smallest absolute Gasteiger partial charge is 0.318 e. The quantitative estimate of drug-likeness (QED) is 0.448. The van der Waals surface area contributed by atoms with Crippen LogP contribution in [-0.2, 0) is 19.2 Å². The molecule has 1 rings (SSSR count). The summed E-state index contributed by atoms with van der Waals surface area (Å²) in [7, 11) is -3.54. The fourth-order valence-corrected chi connectivity index (χ4v) is 9.93. The molecule has 0 bridgehead atoms. The van der Waals surface area contributed by atoms with Crippen LogP contribution in [0.2, 0.25) is 0 Å². The van der Waals surface area contributed by atoms with E-state index in [-0.39, 0.29) is 11.0 Å². The van der Waals surface area contributed by atoms with Gasteiger partial charge in [0.25, 0.3) is 0 Å². The van der Waals surface area contributed by atoms with Crippen LogP contribution in [0, 0.1) is 0 Å². The molecule has 0 saturated heterocycles. The zero-order chi connectivity index (χ0) is 16.8. The van der Waals surface area contributed by atoms with Crippen molar-refractivity contribution < 1.29 is 21.7 Å². The number of hydrogen-bond donors (Lipinski definition) is 0. The minimum Gasteiger partial charge on any atom is -0.383 e. The monoisotopic (exact) mass is 384 g/mol. The average Bonchev–Trinajstić information content (AvgIpc) is 2.39. The summed E-state index contributed by atoms with van der Waals surface area (Å²) >= 11 is 2.53. The van der Waals surface area contributed by atoms with Crippen molar-refractivity contribution in [2.45, 2.75) is 37.3 Å². The normalized spacial score (nSPS) is 16.0. The molecule has 0 aliphatic carbocycles. The minimum atomic E-state index is -3.54. The molecule has 0 aliphatic rings. The Morgan fingerprint density at radius 2 is 1.82 bits per heavy atom. The van der Waals surface area contributed by atoms with Gasteiger partial charge in [0, 0.05) is 10.1 Å². The Morgan fingerprint density at radius 3 is 2.27 bits per heavy atom. The van der Waals surface area contributed by atoms with E-state index in [1.54, 1.807) is 12.1 Å². The molecule has 0 amide bonds. The van der Waals surface area contributed by atoms with Crippen LogP contribution < -0.4 is 4.18 Å². The number of rotatable bonds is 9. The van der Waals surface area contributed by atoms with Crippen molar-refractivity contribution in [1.29, 1.82) is 0 Å². The van der Waals surface area contributed by atoms with E-state index in [0.717, 1.165) is 17.6 Å². The molecule has 1 aromatic rings.